The van der Waals surface area contributed by atoms with Crippen LogP contribution >= 0.6 is 27.5 Å². The van der Waals surface area contributed by atoms with Crippen molar-refractivity contribution in [1.29, 1.82) is 0 Å². The van der Waals surface area contributed by atoms with Crippen LogP contribution in [0, 0.1) is 0 Å². The van der Waals surface area contributed by atoms with Crippen LogP contribution in [0.2, 0.25) is 0 Å². The molecule has 1 amide bonds. The normalized spacial score (nSPS) is 20.1. The van der Waals surface area contributed by atoms with E-state index < -0.39 is 0 Å². The number of halogens is 2. The van der Waals surface area contributed by atoms with E-state index in [0.717, 1.165) is 23.9 Å². The topological polar surface area (TPSA) is 20.3 Å². The van der Waals surface area contributed by atoms with Crippen molar-refractivity contribution in [2.75, 3.05) is 12.4 Å². The molecule has 1 aliphatic rings. The zero-order chi connectivity index (χ0) is 11.5. The fourth-order valence-electron chi connectivity index (χ4n) is 2.20. The number of hydrogen-bond donors (Lipinski definition) is 0. The molecule has 0 N–H and O–H groups in total. The van der Waals surface area contributed by atoms with Crippen LogP contribution < -0.4 is 0 Å². The van der Waals surface area contributed by atoms with Gasteiger partial charge in [-0.15, -0.1) is 11.6 Å². The summed E-state index contributed by atoms with van der Waals surface area (Å²) in [7, 11) is 0. The number of nitrogens with zero attached hydrogens (tertiary/aromatic N) is 1. The van der Waals surface area contributed by atoms with E-state index in [1.54, 1.807) is 0 Å². The Hall–Kier alpha value is -0.540. The number of benzene rings is 1. The summed E-state index contributed by atoms with van der Waals surface area (Å²) in [4.78, 5) is 13.5. The standard InChI is InChI=1S/C12H13BrClNO/c13-10-4-1-3-9(7-10)11-5-2-6-15(11)12(16)8-14/h1,3-4,7,11H,2,5-6,8H2. The minimum atomic E-state index is 0.0316. The number of rotatable bonds is 2. The molecule has 1 atom stereocenters. The maximum absolute atomic E-state index is 11.7. The van der Waals surface area contributed by atoms with Gasteiger partial charge in [-0.2, -0.15) is 0 Å². The Labute approximate surface area is 109 Å². The van der Waals surface area contributed by atoms with Crippen LogP contribution in [-0.2, 0) is 4.79 Å². The minimum Gasteiger partial charge on any atom is -0.335 e. The van der Waals surface area contributed by atoms with E-state index in [1.807, 2.05) is 17.0 Å². The van der Waals surface area contributed by atoms with Crippen molar-refractivity contribution in [3.63, 3.8) is 0 Å². The highest BCUT2D eigenvalue weighted by Gasteiger charge is 2.29. The second-order valence-electron chi connectivity index (χ2n) is 3.93. The van der Waals surface area contributed by atoms with Crippen LogP contribution in [0.1, 0.15) is 24.4 Å². The third kappa shape index (κ3) is 2.41. The summed E-state index contributed by atoms with van der Waals surface area (Å²) >= 11 is 9.07. The van der Waals surface area contributed by atoms with E-state index in [0.29, 0.717) is 0 Å². The number of carbonyl (C=O) groups excluding carboxylic acids is 1. The fourth-order valence-corrected chi connectivity index (χ4v) is 2.77. The molecule has 2 nitrogen and oxygen atoms in total. The van der Waals surface area contributed by atoms with Gasteiger partial charge in [0.15, 0.2) is 0 Å². The van der Waals surface area contributed by atoms with Gasteiger partial charge < -0.3 is 4.90 Å². The SMILES string of the molecule is O=C(CCl)N1CCCC1c1cccc(Br)c1. The third-order valence-electron chi connectivity index (χ3n) is 2.92. The van der Waals surface area contributed by atoms with Gasteiger partial charge in [-0.3, -0.25) is 4.79 Å². The third-order valence-corrected chi connectivity index (χ3v) is 3.64. The summed E-state index contributed by atoms with van der Waals surface area (Å²) in [6.45, 7) is 0.822. The largest absolute Gasteiger partial charge is 0.335 e. The van der Waals surface area contributed by atoms with Crippen molar-refractivity contribution in [3.8, 4) is 0 Å². The molecule has 1 heterocycles. The second kappa shape index (κ2) is 5.19. The van der Waals surface area contributed by atoms with E-state index in [9.17, 15) is 4.79 Å². The van der Waals surface area contributed by atoms with Gasteiger partial charge in [0, 0.05) is 11.0 Å². The average Bonchev–Trinajstić information content (AvgIpc) is 2.77. The first-order valence-corrected chi connectivity index (χ1v) is 6.66. The summed E-state index contributed by atoms with van der Waals surface area (Å²) < 4.78 is 1.05. The molecular formula is C12H13BrClNO. The van der Waals surface area contributed by atoms with E-state index in [-0.39, 0.29) is 17.8 Å². The lowest BCUT2D eigenvalue weighted by atomic mass is 10.0. The number of carbonyl (C=O) groups is 1. The number of amides is 1. The Morgan fingerprint density at radius 1 is 1.56 bits per heavy atom. The predicted octanol–water partition coefficient (Wildman–Crippen LogP) is 3.35. The second-order valence-corrected chi connectivity index (χ2v) is 5.12. The number of hydrogen-bond acceptors (Lipinski definition) is 1. The van der Waals surface area contributed by atoms with Crippen molar-refractivity contribution < 1.29 is 4.79 Å². The quantitative estimate of drug-likeness (QED) is 0.767. The van der Waals surface area contributed by atoms with E-state index in [2.05, 4.69) is 28.1 Å². The lowest BCUT2D eigenvalue weighted by Crippen LogP contribution is -2.31. The molecule has 0 aromatic heterocycles. The first kappa shape index (κ1) is 11.9. The smallest absolute Gasteiger partial charge is 0.238 e. The van der Waals surface area contributed by atoms with Crippen molar-refractivity contribution in [1.82, 2.24) is 4.90 Å². The Balaban J connectivity index is 2.23. The average molecular weight is 303 g/mol. The van der Waals surface area contributed by atoms with Crippen LogP contribution in [0.3, 0.4) is 0 Å². The van der Waals surface area contributed by atoms with Gasteiger partial charge in [-0.25, -0.2) is 0 Å². The molecule has 0 saturated carbocycles. The van der Waals surface area contributed by atoms with Gasteiger partial charge in [0.1, 0.15) is 5.88 Å². The Morgan fingerprint density at radius 3 is 3.06 bits per heavy atom. The van der Waals surface area contributed by atoms with Crippen LogP contribution in [0.4, 0.5) is 0 Å². The highest BCUT2D eigenvalue weighted by atomic mass is 79.9. The highest BCUT2D eigenvalue weighted by molar-refractivity contribution is 9.10. The monoisotopic (exact) mass is 301 g/mol. The Bertz CT molecular complexity index is 396. The molecule has 1 aromatic rings. The van der Waals surface area contributed by atoms with Gasteiger partial charge in [-0.05, 0) is 30.5 Å². The van der Waals surface area contributed by atoms with Gasteiger partial charge >= 0.3 is 0 Å². The van der Waals surface area contributed by atoms with Crippen LogP contribution in [0.5, 0.6) is 0 Å². The van der Waals surface area contributed by atoms with Gasteiger partial charge in [0.2, 0.25) is 5.91 Å². The molecule has 0 spiro atoms. The van der Waals surface area contributed by atoms with Crippen molar-refractivity contribution in [3.05, 3.63) is 34.3 Å². The summed E-state index contributed by atoms with van der Waals surface area (Å²) in [5.41, 5.74) is 1.19. The Morgan fingerprint density at radius 2 is 2.38 bits per heavy atom. The molecule has 1 aliphatic heterocycles. The molecule has 0 radical (unpaired) electrons. The number of alkyl halides is 1. The van der Waals surface area contributed by atoms with Crippen LogP contribution in [-0.4, -0.2) is 23.2 Å². The molecule has 1 saturated heterocycles. The van der Waals surface area contributed by atoms with E-state index in [4.69, 9.17) is 11.6 Å². The summed E-state index contributed by atoms with van der Waals surface area (Å²) in [6, 6.07) is 8.33. The molecule has 1 unspecified atom stereocenters. The summed E-state index contributed by atoms with van der Waals surface area (Å²) in [6.07, 6.45) is 2.08. The number of likely N-dealkylation sites (tertiary alicyclic amines) is 1. The van der Waals surface area contributed by atoms with E-state index >= 15 is 0 Å². The van der Waals surface area contributed by atoms with Crippen LogP contribution in [0.25, 0.3) is 0 Å². The lowest BCUT2D eigenvalue weighted by Gasteiger charge is -2.24. The maximum atomic E-state index is 11.7. The van der Waals surface area contributed by atoms with Crippen molar-refractivity contribution in [2.24, 2.45) is 0 Å². The highest BCUT2D eigenvalue weighted by Crippen LogP contribution is 2.33. The first-order valence-electron chi connectivity index (χ1n) is 5.33. The Kier molecular flexibility index (Phi) is 3.87. The van der Waals surface area contributed by atoms with Gasteiger partial charge in [0.25, 0.3) is 0 Å². The molecule has 86 valence electrons. The van der Waals surface area contributed by atoms with Crippen molar-refractivity contribution >= 4 is 33.4 Å². The summed E-state index contributed by atoms with van der Waals surface area (Å²) in [5.74, 6) is 0.106. The molecule has 2 rings (SSSR count). The first-order chi connectivity index (χ1) is 7.72. The molecule has 4 heteroatoms. The predicted molar refractivity (Wildman–Crippen MR) is 68.6 cm³/mol. The lowest BCUT2D eigenvalue weighted by molar-refractivity contribution is -0.129. The summed E-state index contributed by atoms with van der Waals surface area (Å²) in [5, 5.41) is 0. The van der Waals surface area contributed by atoms with Gasteiger partial charge in [0.05, 0.1) is 6.04 Å². The molecular weight excluding hydrogens is 289 g/mol. The maximum Gasteiger partial charge on any atom is 0.238 e. The van der Waals surface area contributed by atoms with Crippen LogP contribution in [0.15, 0.2) is 28.7 Å². The molecule has 0 aliphatic carbocycles. The molecule has 1 fully saturated rings. The molecule has 16 heavy (non-hydrogen) atoms. The zero-order valence-corrected chi connectivity index (χ0v) is 11.2. The molecule has 1 aromatic carbocycles. The van der Waals surface area contributed by atoms with Gasteiger partial charge in [-0.1, -0.05) is 28.1 Å². The minimum absolute atomic E-state index is 0.0316. The fraction of sp³-hybridized carbons (Fsp3) is 0.417. The molecule has 0 bridgehead atoms. The van der Waals surface area contributed by atoms with E-state index in [1.165, 1.54) is 5.56 Å². The zero-order valence-electron chi connectivity index (χ0n) is 8.83. The van der Waals surface area contributed by atoms with Crippen molar-refractivity contribution in [2.45, 2.75) is 18.9 Å².